The molecule has 5 rings (SSSR count). The molecular formula is C27H24N4O. The number of nitriles is 1. The number of nitrogens with zero attached hydrogens (tertiary/aromatic N) is 3. The first kappa shape index (κ1) is 19.9. The smallest absolute Gasteiger partial charge is 0.224 e. The Kier molecular flexibility index (Phi) is 4.71. The van der Waals surface area contributed by atoms with E-state index in [0.717, 1.165) is 23.2 Å². The molecule has 2 atom stereocenters. The van der Waals surface area contributed by atoms with E-state index in [1.165, 1.54) is 11.1 Å². The van der Waals surface area contributed by atoms with Gasteiger partial charge in [0.05, 0.1) is 11.1 Å². The molecule has 0 saturated heterocycles. The van der Waals surface area contributed by atoms with Crippen molar-refractivity contribution in [3.05, 3.63) is 101 Å². The number of allylic oxidation sites excluding steroid dienone is 5. The number of fused-ring (bicyclic) bond motifs is 1. The molecule has 2 heterocycles. The van der Waals surface area contributed by atoms with Gasteiger partial charge in [0.2, 0.25) is 11.8 Å². The molecule has 2 unspecified atom stereocenters. The van der Waals surface area contributed by atoms with Crippen LogP contribution < -0.4 is 10.5 Å². The second-order valence-corrected chi connectivity index (χ2v) is 8.55. The number of aromatic nitrogens is 2. The molecule has 0 spiro atoms. The number of hydrogen-bond donors (Lipinski definition) is 1. The van der Waals surface area contributed by atoms with E-state index in [0.29, 0.717) is 11.5 Å². The molecule has 0 fully saturated rings. The van der Waals surface area contributed by atoms with Crippen molar-refractivity contribution < 1.29 is 4.74 Å². The summed E-state index contributed by atoms with van der Waals surface area (Å²) in [6.45, 7) is 2.17. The molecule has 1 aromatic heterocycles. The van der Waals surface area contributed by atoms with Crippen LogP contribution in [0.15, 0.2) is 90.3 Å². The Morgan fingerprint density at radius 3 is 2.34 bits per heavy atom. The maximum atomic E-state index is 10.1. The molecule has 0 radical (unpaired) electrons. The number of rotatable bonds is 3. The van der Waals surface area contributed by atoms with Gasteiger partial charge in [0.25, 0.3) is 0 Å². The standard InChI is InChI=1S/C27H24N4O/c1-27(15-13-19(14-16-27)18-9-5-3-6-10-18)23-21(17-28)25(29)32-26-22(23)24(30-31(26)2)20-11-7-4-8-12-20/h3-15,23H,16,29H2,1-2H3. The van der Waals surface area contributed by atoms with Crippen LogP contribution in [0.2, 0.25) is 0 Å². The number of aryl methyl sites for hydroxylation is 1. The van der Waals surface area contributed by atoms with Crippen LogP contribution in [0, 0.1) is 16.7 Å². The lowest BCUT2D eigenvalue weighted by Gasteiger charge is -2.38. The van der Waals surface area contributed by atoms with Gasteiger partial charge in [0.1, 0.15) is 11.8 Å². The van der Waals surface area contributed by atoms with Crippen molar-refractivity contribution in [1.29, 1.82) is 5.26 Å². The van der Waals surface area contributed by atoms with E-state index in [9.17, 15) is 5.26 Å². The number of nitrogens with two attached hydrogens (primary N) is 1. The molecule has 5 nitrogen and oxygen atoms in total. The predicted octanol–water partition coefficient (Wildman–Crippen LogP) is 5.31. The summed E-state index contributed by atoms with van der Waals surface area (Å²) in [4.78, 5) is 0. The van der Waals surface area contributed by atoms with Gasteiger partial charge < -0.3 is 10.5 Å². The van der Waals surface area contributed by atoms with Crippen molar-refractivity contribution >= 4 is 5.57 Å². The molecule has 32 heavy (non-hydrogen) atoms. The predicted molar refractivity (Wildman–Crippen MR) is 125 cm³/mol. The van der Waals surface area contributed by atoms with Gasteiger partial charge in [-0.2, -0.15) is 10.4 Å². The molecule has 1 aliphatic carbocycles. The van der Waals surface area contributed by atoms with Crippen LogP contribution in [0.25, 0.3) is 16.8 Å². The van der Waals surface area contributed by atoms with Gasteiger partial charge in [0, 0.05) is 23.9 Å². The molecule has 2 aliphatic rings. The van der Waals surface area contributed by atoms with Crippen LogP contribution in [0.1, 0.15) is 30.4 Å². The quantitative estimate of drug-likeness (QED) is 0.623. The van der Waals surface area contributed by atoms with Crippen molar-refractivity contribution in [2.24, 2.45) is 18.2 Å². The van der Waals surface area contributed by atoms with Crippen LogP contribution in [0.5, 0.6) is 5.88 Å². The molecule has 2 aromatic carbocycles. The molecule has 2 N–H and O–H groups in total. The van der Waals surface area contributed by atoms with Gasteiger partial charge in [0.15, 0.2) is 0 Å². The zero-order valence-electron chi connectivity index (χ0n) is 18.1. The van der Waals surface area contributed by atoms with Crippen molar-refractivity contribution in [3.63, 3.8) is 0 Å². The molecule has 0 saturated carbocycles. The van der Waals surface area contributed by atoms with Crippen LogP contribution in [-0.2, 0) is 7.05 Å². The zero-order valence-corrected chi connectivity index (χ0v) is 18.1. The third-order valence-electron chi connectivity index (χ3n) is 6.42. The minimum absolute atomic E-state index is 0.153. The first-order valence-electron chi connectivity index (χ1n) is 10.7. The van der Waals surface area contributed by atoms with E-state index in [2.05, 4.69) is 43.4 Å². The monoisotopic (exact) mass is 420 g/mol. The second kappa shape index (κ2) is 7.58. The maximum absolute atomic E-state index is 10.1. The van der Waals surface area contributed by atoms with Crippen LogP contribution >= 0.6 is 0 Å². The fraction of sp³-hybridized carbons (Fsp3) is 0.185. The van der Waals surface area contributed by atoms with E-state index in [-0.39, 0.29) is 17.2 Å². The summed E-state index contributed by atoms with van der Waals surface area (Å²) in [6, 6.07) is 22.7. The Balaban J connectivity index is 1.64. The summed E-state index contributed by atoms with van der Waals surface area (Å²) < 4.78 is 7.64. The van der Waals surface area contributed by atoms with Crippen molar-refractivity contribution in [1.82, 2.24) is 9.78 Å². The normalized spacial score (nSPS) is 22.0. The lowest BCUT2D eigenvalue weighted by molar-refractivity contribution is 0.305. The highest BCUT2D eigenvalue weighted by molar-refractivity contribution is 5.76. The van der Waals surface area contributed by atoms with Gasteiger partial charge in [-0.3, -0.25) is 0 Å². The molecule has 1 aliphatic heterocycles. The zero-order chi connectivity index (χ0) is 22.3. The summed E-state index contributed by atoms with van der Waals surface area (Å²) in [7, 11) is 1.85. The van der Waals surface area contributed by atoms with E-state index < -0.39 is 0 Å². The highest BCUT2D eigenvalue weighted by Crippen LogP contribution is 2.54. The Labute approximate surface area is 187 Å². The average molecular weight is 421 g/mol. The van der Waals surface area contributed by atoms with E-state index in [1.54, 1.807) is 4.68 Å². The summed E-state index contributed by atoms with van der Waals surface area (Å²) in [5.41, 5.74) is 11.4. The number of benzene rings is 2. The minimum Gasteiger partial charge on any atom is -0.422 e. The largest absolute Gasteiger partial charge is 0.422 e. The Bertz CT molecular complexity index is 1310. The molecule has 158 valence electrons. The molecule has 3 aromatic rings. The lowest BCUT2D eigenvalue weighted by Crippen LogP contribution is -2.32. The third-order valence-corrected chi connectivity index (χ3v) is 6.42. The summed E-state index contributed by atoms with van der Waals surface area (Å²) in [6.07, 6.45) is 7.37. The summed E-state index contributed by atoms with van der Waals surface area (Å²) in [5.74, 6) is 0.475. The van der Waals surface area contributed by atoms with Gasteiger partial charge in [-0.05, 0) is 17.6 Å². The summed E-state index contributed by atoms with van der Waals surface area (Å²) >= 11 is 0. The fourth-order valence-corrected chi connectivity index (χ4v) is 4.75. The number of hydrogen-bond acceptors (Lipinski definition) is 4. The fourth-order valence-electron chi connectivity index (χ4n) is 4.75. The first-order chi connectivity index (χ1) is 15.5. The van der Waals surface area contributed by atoms with Gasteiger partial charge in [-0.1, -0.05) is 85.8 Å². The van der Waals surface area contributed by atoms with E-state index in [1.807, 2.05) is 55.6 Å². The Morgan fingerprint density at radius 1 is 1.09 bits per heavy atom. The molecule has 0 amide bonds. The number of ether oxygens (including phenoxy) is 1. The van der Waals surface area contributed by atoms with Crippen molar-refractivity contribution in [2.75, 3.05) is 0 Å². The van der Waals surface area contributed by atoms with Crippen LogP contribution in [-0.4, -0.2) is 9.78 Å². The lowest BCUT2D eigenvalue weighted by atomic mass is 9.65. The van der Waals surface area contributed by atoms with Crippen molar-refractivity contribution in [3.8, 4) is 23.2 Å². The van der Waals surface area contributed by atoms with Gasteiger partial charge in [-0.25, -0.2) is 4.68 Å². The molecule has 0 bridgehead atoms. The summed E-state index contributed by atoms with van der Waals surface area (Å²) in [5, 5.41) is 14.8. The minimum atomic E-state index is -0.362. The third kappa shape index (κ3) is 3.12. The SMILES string of the molecule is Cn1nc(-c2ccccc2)c2c1OC(N)=C(C#N)C2C1(C)C=CC(c2ccccc2)=CC1. The Morgan fingerprint density at radius 2 is 1.75 bits per heavy atom. The highest BCUT2D eigenvalue weighted by atomic mass is 16.5. The first-order valence-corrected chi connectivity index (χ1v) is 10.7. The van der Waals surface area contributed by atoms with Crippen molar-refractivity contribution in [2.45, 2.75) is 19.3 Å². The Hall–Kier alpha value is -4.04. The molecule has 5 heteroatoms. The van der Waals surface area contributed by atoms with E-state index >= 15 is 0 Å². The van der Waals surface area contributed by atoms with E-state index in [4.69, 9.17) is 15.6 Å². The molecular weight excluding hydrogens is 396 g/mol. The highest BCUT2D eigenvalue weighted by Gasteiger charge is 2.45. The van der Waals surface area contributed by atoms with Gasteiger partial charge >= 0.3 is 0 Å². The van der Waals surface area contributed by atoms with Crippen LogP contribution in [0.4, 0.5) is 0 Å². The average Bonchev–Trinajstić information content (AvgIpc) is 3.15. The second-order valence-electron chi connectivity index (χ2n) is 8.55. The maximum Gasteiger partial charge on any atom is 0.224 e. The van der Waals surface area contributed by atoms with Crippen LogP contribution in [0.3, 0.4) is 0 Å². The topological polar surface area (TPSA) is 76.9 Å². The van der Waals surface area contributed by atoms with Gasteiger partial charge in [-0.15, -0.1) is 0 Å².